The van der Waals surface area contributed by atoms with Crippen LogP contribution in [0.5, 0.6) is 0 Å². The van der Waals surface area contributed by atoms with E-state index in [4.69, 9.17) is 0 Å². The van der Waals surface area contributed by atoms with Crippen molar-refractivity contribution < 1.29 is 9.18 Å². The van der Waals surface area contributed by atoms with Gasteiger partial charge in [0.25, 0.3) is 0 Å². The van der Waals surface area contributed by atoms with E-state index in [0.717, 1.165) is 29.8 Å². The van der Waals surface area contributed by atoms with E-state index in [1.54, 1.807) is 10.7 Å². The maximum Gasteiger partial charge on any atom is 0.166 e. The summed E-state index contributed by atoms with van der Waals surface area (Å²) in [5.74, 6) is 0.0539. The first-order valence-corrected chi connectivity index (χ1v) is 6.99. The summed E-state index contributed by atoms with van der Waals surface area (Å²) in [4.78, 5) is 12.2. The number of carbonyl (C=O) groups is 1. The highest BCUT2D eigenvalue weighted by molar-refractivity contribution is 5.99. The molecule has 104 valence electrons. The van der Waals surface area contributed by atoms with Crippen molar-refractivity contribution in [3.8, 4) is 5.69 Å². The van der Waals surface area contributed by atoms with Crippen molar-refractivity contribution in [3.63, 3.8) is 0 Å². The van der Waals surface area contributed by atoms with E-state index in [1.807, 2.05) is 19.9 Å². The second-order valence-corrected chi connectivity index (χ2v) is 5.53. The molecule has 0 atom stereocenters. The molecule has 20 heavy (non-hydrogen) atoms. The van der Waals surface area contributed by atoms with E-state index < -0.39 is 0 Å². The smallest absolute Gasteiger partial charge is 0.166 e. The fraction of sp³-hybridized carbons (Fsp3) is 0.375. The molecule has 0 fully saturated rings. The lowest BCUT2D eigenvalue weighted by molar-refractivity contribution is 0.0971. The van der Waals surface area contributed by atoms with Gasteiger partial charge in [-0.3, -0.25) is 4.79 Å². The van der Waals surface area contributed by atoms with E-state index in [9.17, 15) is 9.18 Å². The van der Waals surface area contributed by atoms with Crippen LogP contribution in [0.3, 0.4) is 0 Å². The van der Waals surface area contributed by atoms with Crippen molar-refractivity contribution in [2.24, 2.45) is 0 Å². The van der Waals surface area contributed by atoms with E-state index in [1.165, 1.54) is 12.1 Å². The van der Waals surface area contributed by atoms with Crippen molar-refractivity contribution in [1.29, 1.82) is 0 Å². The summed E-state index contributed by atoms with van der Waals surface area (Å²) >= 11 is 0. The van der Waals surface area contributed by atoms with Crippen LogP contribution in [0, 0.1) is 5.82 Å². The molecular formula is C16H17FN2O. The minimum absolute atomic E-state index is 0.164. The molecule has 1 aromatic heterocycles. The van der Waals surface area contributed by atoms with Crippen LogP contribution in [0.4, 0.5) is 4.39 Å². The van der Waals surface area contributed by atoms with Crippen LogP contribution in [-0.4, -0.2) is 15.6 Å². The highest BCUT2D eigenvalue weighted by atomic mass is 19.1. The van der Waals surface area contributed by atoms with Crippen molar-refractivity contribution in [2.75, 3.05) is 0 Å². The topological polar surface area (TPSA) is 34.9 Å². The SMILES string of the molecule is CC(C)c1nn(-c2cccc(F)c2)c2c1C(=O)CCC2. The fourth-order valence-electron chi connectivity index (χ4n) is 2.77. The highest BCUT2D eigenvalue weighted by Gasteiger charge is 2.28. The Kier molecular flexibility index (Phi) is 3.16. The number of Topliss-reactive ketones (excluding diaryl/α,β-unsaturated/α-hetero) is 1. The number of ketones is 1. The molecule has 1 aliphatic rings. The molecule has 0 unspecified atom stereocenters. The van der Waals surface area contributed by atoms with Crippen LogP contribution in [0.25, 0.3) is 5.69 Å². The van der Waals surface area contributed by atoms with Gasteiger partial charge in [0, 0.05) is 6.42 Å². The Bertz CT molecular complexity index is 673. The van der Waals surface area contributed by atoms with Gasteiger partial charge in [-0.25, -0.2) is 9.07 Å². The summed E-state index contributed by atoms with van der Waals surface area (Å²) in [6.07, 6.45) is 2.24. The van der Waals surface area contributed by atoms with Crippen molar-refractivity contribution in [3.05, 3.63) is 47.0 Å². The van der Waals surface area contributed by atoms with Gasteiger partial charge in [-0.05, 0) is 37.0 Å². The summed E-state index contributed by atoms with van der Waals surface area (Å²) in [7, 11) is 0. The minimum atomic E-state index is -0.292. The van der Waals surface area contributed by atoms with Crippen molar-refractivity contribution in [2.45, 2.75) is 39.0 Å². The van der Waals surface area contributed by atoms with Gasteiger partial charge < -0.3 is 0 Å². The zero-order valence-corrected chi connectivity index (χ0v) is 11.7. The standard InChI is InChI=1S/C16H17FN2O/c1-10(2)16-15-13(7-4-8-14(15)20)19(18-16)12-6-3-5-11(17)9-12/h3,5-6,9-10H,4,7-8H2,1-2H3. The van der Waals surface area contributed by atoms with Crippen LogP contribution in [0.2, 0.25) is 0 Å². The third-order valence-electron chi connectivity index (χ3n) is 3.70. The molecule has 3 rings (SSSR count). The summed E-state index contributed by atoms with van der Waals surface area (Å²) < 4.78 is 15.2. The second-order valence-electron chi connectivity index (χ2n) is 5.53. The molecule has 1 aliphatic carbocycles. The van der Waals surface area contributed by atoms with Gasteiger partial charge in [-0.2, -0.15) is 5.10 Å². The molecule has 0 amide bonds. The molecule has 0 N–H and O–H groups in total. The Morgan fingerprint density at radius 2 is 2.10 bits per heavy atom. The largest absolute Gasteiger partial charge is 0.294 e. The molecule has 1 heterocycles. The maximum atomic E-state index is 13.4. The summed E-state index contributed by atoms with van der Waals surface area (Å²) in [5, 5.41) is 4.58. The van der Waals surface area contributed by atoms with Crippen molar-refractivity contribution in [1.82, 2.24) is 9.78 Å². The van der Waals surface area contributed by atoms with Gasteiger partial charge in [0.2, 0.25) is 0 Å². The highest BCUT2D eigenvalue weighted by Crippen LogP contribution is 2.30. The molecule has 0 saturated heterocycles. The molecule has 1 aromatic carbocycles. The summed E-state index contributed by atoms with van der Waals surface area (Å²) in [6.45, 7) is 4.06. The van der Waals surface area contributed by atoms with Gasteiger partial charge in [0.15, 0.2) is 5.78 Å². The molecule has 0 spiro atoms. The van der Waals surface area contributed by atoms with Crippen LogP contribution < -0.4 is 0 Å². The molecule has 0 bridgehead atoms. The summed E-state index contributed by atoms with van der Waals surface area (Å²) in [6, 6.07) is 6.35. The van der Waals surface area contributed by atoms with E-state index >= 15 is 0 Å². The van der Waals surface area contributed by atoms with Gasteiger partial charge in [0.1, 0.15) is 5.82 Å². The number of fused-ring (bicyclic) bond motifs is 1. The lowest BCUT2D eigenvalue weighted by atomic mass is 9.91. The molecule has 3 nitrogen and oxygen atoms in total. The first-order valence-electron chi connectivity index (χ1n) is 6.99. The zero-order valence-electron chi connectivity index (χ0n) is 11.7. The first kappa shape index (κ1) is 13.0. The Morgan fingerprint density at radius 3 is 2.80 bits per heavy atom. The molecule has 0 aliphatic heterocycles. The maximum absolute atomic E-state index is 13.4. The molecule has 2 aromatic rings. The zero-order chi connectivity index (χ0) is 14.3. The van der Waals surface area contributed by atoms with Crippen LogP contribution in [0.1, 0.15) is 54.4 Å². The minimum Gasteiger partial charge on any atom is -0.294 e. The number of rotatable bonds is 2. The van der Waals surface area contributed by atoms with Gasteiger partial charge in [-0.15, -0.1) is 0 Å². The fourth-order valence-corrected chi connectivity index (χ4v) is 2.77. The molecule has 0 saturated carbocycles. The molecule has 4 heteroatoms. The average Bonchev–Trinajstić information content (AvgIpc) is 2.80. The quantitative estimate of drug-likeness (QED) is 0.836. The lowest BCUT2D eigenvalue weighted by Gasteiger charge is -2.14. The third kappa shape index (κ3) is 2.05. The van der Waals surface area contributed by atoms with E-state index in [-0.39, 0.29) is 17.5 Å². The lowest BCUT2D eigenvalue weighted by Crippen LogP contribution is -2.13. The third-order valence-corrected chi connectivity index (χ3v) is 3.70. The predicted octanol–water partition coefficient (Wildman–Crippen LogP) is 3.65. The van der Waals surface area contributed by atoms with Crippen LogP contribution in [0.15, 0.2) is 24.3 Å². The van der Waals surface area contributed by atoms with E-state index in [0.29, 0.717) is 12.1 Å². The number of hydrogen-bond donors (Lipinski definition) is 0. The first-order chi connectivity index (χ1) is 9.58. The number of benzene rings is 1. The predicted molar refractivity (Wildman–Crippen MR) is 74.9 cm³/mol. The number of aromatic nitrogens is 2. The number of hydrogen-bond acceptors (Lipinski definition) is 2. The van der Waals surface area contributed by atoms with Gasteiger partial charge in [-0.1, -0.05) is 19.9 Å². The van der Waals surface area contributed by atoms with Gasteiger partial charge >= 0.3 is 0 Å². The Labute approximate surface area is 117 Å². The van der Waals surface area contributed by atoms with Crippen molar-refractivity contribution >= 4 is 5.78 Å². The average molecular weight is 272 g/mol. The van der Waals surface area contributed by atoms with E-state index in [2.05, 4.69) is 5.10 Å². The number of halogens is 1. The second kappa shape index (κ2) is 4.85. The Balaban J connectivity index is 2.22. The molecule has 0 radical (unpaired) electrons. The number of carbonyl (C=O) groups excluding carboxylic acids is 1. The normalized spacial score (nSPS) is 14.7. The summed E-state index contributed by atoms with van der Waals surface area (Å²) in [5.41, 5.74) is 3.20. The van der Waals surface area contributed by atoms with Crippen LogP contribution in [-0.2, 0) is 6.42 Å². The Hall–Kier alpha value is -1.97. The van der Waals surface area contributed by atoms with Crippen LogP contribution >= 0.6 is 0 Å². The Morgan fingerprint density at radius 1 is 1.30 bits per heavy atom. The molecular weight excluding hydrogens is 255 g/mol. The monoisotopic (exact) mass is 272 g/mol. The van der Waals surface area contributed by atoms with Gasteiger partial charge in [0.05, 0.1) is 22.6 Å². The number of nitrogens with zero attached hydrogens (tertiary/aromatic N) is 2.